The van der Waals surface area contributed by atoms with E-state index < -0.39 is 0 Å². The predicted molar refractivity (Wildman–Crippen MR) is 122 cm³/mol. The average Bonchev–Trinajstić information content (AvgIpc) is 3.17. The maximum atomic E-state index is 13.3. The molecule has 4 nitrogen and oxygen atoms in total. The first-order valence-corrected chi connectivity index (χ1v) is 10.0. The Morgan fingerprint density at radius 1 is 0.897 bits per heavy atom. The van der Waals surface area contributed by atoms with Gasteiger partial charge in [-0.05, 0) is 54.1 Å². The topological polar surface area (TPSA) is 50.7 Å². The molecule has 0 aliphatic carbocycles. The third-order valence-electron chi connectivity index (χ3n) is 4.90. The third-order valence-corrected chi connectivity index (χ3v) is 5.40. The van der Waals surface area contributed by atoms with E-state index in [4.69, 9.17) is 4.98 Å². The summed E-state index contributed by atoms with van der Waals surface area (Å²) in [5, 5.41) is 1.70. The maximum Gasteiger partial charge on any atom is 0.266 e. The van der Waals surface area contributed by atoms with Gasteiger partial charge in [-0.2, -0.15) is 0 Å². The molecule has 0 unspecified atom stereocenters. The van der Waals surface area contributed by atoms with Crippen LogP contribution in [0.15, 0.2) is 88.3 Å². The summed E-state index contributed by atoms with van der Waals surface area (Å²) in [6.45, 7) is 0. The molecule has 0 bridgehead atoms. The fourth-order valence-corrected chi connectivity index (χ4v) is 3.87. The monoisotopic (exact) mass is 441 g/mol. The summed E-state index contributed by atoms with van der Waals surface area (Å²) >= 11 is 3.45. The maximum absolute atomic E-state index is 13.3. The molecule has 0 aliphatic heterocycles. The first-order chi connectivity index (χ1) is 14.2. The van der Waals surface area contributed by atoms with Crippen molar-refractivity contribution in [2.75, 3.05) is 0 Å². The minimum absolute atomic E-state index is 0.0962. The van der Waals surface area contributed by atoms with Crippen LogP contribution in [0.4, 0.5) is 0 Å². The summed E-state index contributed by atoms with van der Waals surface area (Å²) in [6, 6.07) is 23.3. The number of aromatic amines is 1. The zero-order chi connectivity index (χ0) is 19.8. The molecule has 0 saturated heterocycles. The Labute approximate surface area is 175 Å². The minimum atomic E-state index is -0.0962. The van der Waals surface area contributed by atoms with Gasteiger partial charge in [-0.15, -0.1) is 0 Å². The number of hydrogen-bond donors (Lipinski definition) is 1. The highest BCUT2D eigenvalue weighted by atomic mass is 79.9. The molecule has 0 fully saturated rings. The van der Waals surface area contributed by atoms with Crippen LogP contribution in [-0.2, 0) is 0 Å². The Hall–Kier alpha value is -3.44. The van der Waals surface area contributed by atoms with E-state index in [1.54, 1.807) is 4.57 Å². The van der Waals surface area contributed by atoms with Crippen LogP contribution < -0.4 is 5.56 Å². The number of hydrogen-bond acceptors (Lipinski definition) is 2. The van der Waals surface area contributed by atoms with Crippen molar-refractivity contribution in [3.63, 3.8) is 0 Å². The number of fused-ring (bicyclic) bond motifs is 2. The molecule has 1 N–H and O–H groups in total. The van der Waals surface area contributed by atoms with Gasteiger partial charge in [-0.1, -0.05) is 52.3 Å². The summed E-state index contributed by atoms with van der Waals surface area (Å²) in [5.41, 5.74) is 3.48. The van der Waals surface area contributed by atoms with E-state index in [0.29, 0.717) is 16.7 Å². The number of para-hydroxylation sites is 2. The van der Waals surface area contributed by atoms with Gasteiger partial charge >= 0.3 is 0 Å². The zero-order valence-electron chi connectivity index (χ0n) is 15.3. The predicted octanol–water partition coefficient (Wildman–Crippen LogP) is 5.80. The highest BCUT2D eigenvalue weighted by molar-refractivity contribution is 9.10. The molecule has 0 aliphatic rings. The highest BCUT2D eigenvalue weighted by Crippen LogP contribution is 2.22. The number of benzene rings is 3. The summed E-state index contributed by atoms with van der Waals surface area (Å²) in [5.74, 6) is 0.585. The lowest BCUT2D eigenvalue weighted by atomic mass is 10.1. The molecule has 140 valence electrons. The van der Waals surface area contributed by atoms with Crippen LogP contribution in [-0.4, -0.2) is 14.5 Å². The largest absolute Gasteiger partial charge is 0.361 e. The molecule has 29 heavy (non-hydrogen) atoms. The Balaban J connectivity index is 1.74. The Morgan fingerprint density at radius 3 is 2.55 bits per heavy atom. The van der Waals surface area contributed by atoms with Crippen molar-refractivity contribution in [3.8, 4) is 5.69 Å². The normalized spacial score (nSPS) is 11.6. The van der Waals surface area contributed by atoms with E-state index in [-0.39, 0.29) is 5.56 Å². The summed E-state index contributed by atoms with van der Waals surface area (Å²) in [6.07, 6.45) is 5.85. The lowest BCUT2D eigenvalue weighted by molar-refractivity contribution is 0.944. The SMILES string of the molecule is O=c1c2cc(Br)ccc2nc(/C=C/c2c[nH]c3ccccc23)n1-c1ccccc1. The fourth-order valence-electron chi connectivity index (χ4n) is 3.51. The van der Waals surface area contributed by atoms with E-state index in [1.807, 2.05) is 85.1 Å². The van der Waals surface area contributed by atoms with Crippen molar-refractivity contribution in [2.45, 2.75) is 0 Å². The van der Waals surface area contributed by atoms with E-state index in [0.717, 1.165) is 26.6 Å². The number of nitrogens with zero attached hydrogens (tertiary/aromatic N) is 2. The fraction of sp³-hybridized carbons (Fsp3) is 0. The molecular formula is C24H16BrN3O. The number of rotatable bonds is 3. The zero-order valence-corrected chi connectivity index (χ0v) is 16.9. The quantitative estimate of drug-likeness (QED) is 0.384. The van der Waals surface area contributed by atoms with E-state index in [2.05, 4.69) is 27.0 Å². The van der Waals surface area contributed by atoms with Gasteiger partial charge in [-0.3, -0.25) is 9.36 Å². The van der Waals surface area contributed by atoms with Crippen LogP contribution >= 0.6 is 15.9 Å². The lowest BCUT2D eigenvalue weighted by Crippen LogP contribution is -2.22. The minimum Gasteiger partial charge on any atom is -0.361 e. The van der Waals surface area contributed by atoms with E-state index >= 15 is 0 Å². The molecule has 0 saturated carbocycles. The van der Waals surface area contributed by atoms with E-state index in [1.165, 1.54) is 0 Å². The van der Waals surface area contributed by atoms with Crippen LogP contribution in [0.3, 0.4) is 0 Å². The van der Waals surface area contributed by atoms with E-state index in [9.17, 15) is 4.79 Å². The Morgan fingerprint density at radius 2 is 1.69 bits per heavy atom. The third kappa shape index (κ3) is 3.19. The van der Waals surface area contributed by atoms with Crippen molar-refractivity contribution < 1.29 is 0 Å². The molecular weight excluding hydrogens is 426 g/mol. The van der Waals surface area contributed by atoms with Crippen molar-refractivity contribution in [2.24, 2.45) is 0 Å². The second-order valence-electron chi connectivity index (χ2n) is 6.73. The molecule has 0 atom stereocenters. The van der Waals surface area contributed by atoms with Gasteiger partial charge in [0.15, 0.2) is 0 Å². The van der Waals surface area contributed by atoms with Crippen LogP contribution in [0, 0.1) is 0 Å². The number of nitrogens with one attached hydrogen (secondary N) is 1. The molecule has 2 heterocycles. The molecule has 0 radical (unpaired) electrons. The first kappa shape index (κ1) is 17.6. The van der Waals surface area contributed by atoms with Crippen LogP contribution in [0.5, 0.6) is 0 Å². The molecule has 5 heteroatoms. The molecule has 0 amide bonds. The average molecular weight is 442 g/mol. The van der Waals surface area contributed by atoms with Crippen LogP contribution in [0.25, 0.3) is 39.6 Å². The highest BCUT2D eigenvalue weighted by Gasteiger charge is 2.11. The van der Waals surface area contributed by atoms with Crippen molar-refractivity contribution >= 4 is 49.9 Å². The van der Waals surface area contributed by atoms with Crippen molar-refractivity contribution in [1.29, 1.82) is 0 Å². The summed E-state index contributed by atoms with van der Waals surface area (Å²) in [7, 11) is 0. The second kappa shape index (κ2) is 7.18. The van der Waals surface area contributed by atoms with Crippen LogP contribution in [0.1, 0.15) is 11.4 Å². The summed E-state index contributed by atoms with van der Waals surface area (Å²) < 4.78 is 2.51. The van der Waals surface area contributed by atoms with Crippen molar-refractivity contribution in [1.82, 2.24) is 14.5 Å². The standard InChI is InChI=1S/C24H16BrN3O/c25-17-11-12-22-20(14-17)24(29)28(18-6-2-1-3-7-18)23(27-22)13-10-16-15-26-21-9-5-4-8-19(16)21/h1-15,26H/b13-10+. The molecule has 5 rings (SSSR count). The molecule has 3 aromatic carbocycles. The van der Waals surface area contributed by atoms with Gasteiger partial charge in [0.1, 0.15) is 5.82 Å². The molecule has 0 spiro atoms. The number of halogens is 1. The van der Waals surface area contributed by atoms with Gasteiger partial charge in [0.05, 0.1) is 16.6 Å². The first-order valence-electron chi connectivity index (χ1n) is 9.23. The molecule has 2 aromatic heterocycles. The van der Waals surface area contributed by atoms with Crippen molar-refractivity contribution in [3.05, 3.63) is 105 Å². The Kier molecular flexibility index (Phi) is 4.37. The van der Waals surface area contributed by atoms with Crippen LogP contribution in [0.2, 0.25) is 0 Å². The smallest absolute Gasteiger partial charge is 0.266 e. The number of aromatic nitrogens is 3. The van der Waals surface area contributed by atoms with Gasteiger partial charge < -0.3 is 4.98 Å². The van der Waals surface area contributed by atoms with Gasteiger partial charge in [0.2, 0.25) is 0 Å². The Bertz CT molecular complexity index is 1430. The summed E-state index contributed by atoms with van der Waals surface area (Å²) in [4.78, 5) is 21.4. The number of H-pyrrole nitrogens is 1. The van der Waals surface area contributed by atoms with Gasteiger partial charge in [0, 0.05) is 21.6 Å². The van der Waals surface area contributed by atoms with Gasteiger partial charge in [0.25, 0.3) is 5.56 Å². The lowest BCUT2D eigenvalue weighted by Gasteiger charge is -2.11. The molecule has 5 aromatic rings. The second-order valence-corrected chi connectivity index (χ2v) is 7.65. The van der Waals surface area contributed by atoms with Gasteiger partial charge in [-0.25, -0.2) is 4.98 Å².